The number of nitrogens with two attached hydrogens (primary N) is 1. The summed E-state index contributed by atoms with van der Waals surface area (Å²) in [6.07, 6.45) is 1.89. The van der Waals surface area contributed by atoms with Crippen LogP contribution in [0.25, 0.3) is 5.57 Å². The Bertz CT molecular complexity index is 1310. The number of ether oxygens (including phenoxy) is 1. The topological polar surface area (TPSA) is 84.6 Å². The molecular weight excluding hydrogens is 486 g/mol. The van der Waals surface area contributed by atoms with E-state index in [4.69, 9.17) is 22.1 Å². The first-order valence-electron chi connectivity index (χ1n) is 12.4. The van der Waals surface area contributed by atoms with Gasteiger partial charge in [0.05, 0.1) is 17.2 Å². The third-order valence-corrected chi connectivity index (χ3v) is 8.59. The van der Waals surface area contributed by atoms with E-state index in [-0.39, 0.29) is 33.5 Å². The molecule has 3 unspecified atom stereocenters. The van der Waals surface area contributed by atoms with Crippen molar-refractivity contribution >= 4 is 23.1 Å². The fraction of sp³-hybridized carbons (Fsp3) is 0.393. The van der Waals surface area contributed by atoms with Crippen molar-refractivity contribution < 1.29 is 23.4 Å². The number of rotatable bonds is 4. The van der Waals surface area contributed by atoms with Crippen LogP contribution in [0.15, 0.2) is 53.6 Å². The SMILES string of the molecule is NC(=O)C1=C(c2c(Cl)c(F)cc3c2C[C@](c2ccccc2)([C@@H]2CCCN2)O3)C(F)C2C(=C1)CCC2O. The van der Waals surface area contributed by atoms with Crippen LogP contribution in [0.5, 0.6) is 5.75 Å². The van der Waals surface area contributed by atoms with Crippen LogP contribution in [-0.2, 0) is 16.8 Å². The molecule has 1 amide bonds. The lowest BCUT2D eigenvalue weighted by molar-refractivity contribution is -0.114. The summed E-state index contributed by atoms with van der Waals surface area (Å²) in [5.74, 6) is -2.14. The Kier molecular flexibility index (Phi) is 5.70. The number of alkyl halides is 1. The zero-order chi connectivity index (χ0) is 25.2. The van der Waals surface area contributed by atoms with E-state index in [1.54, 1.807) is 6.08 Å². The number of hydrogen-bond acceptors (Lipinski definition) is 4. The molecule has 5 atom stereocenters. The summed E-state index contributed by atoms with van der Waals surface area (Å²) in [6.45, 7) is 0.831. The zero-order valence-electron chi connectivity index (χ0n) is 19.6. The molecule has 8 heteroatoms. The van der Waals surface area contributed by atoms with Crippen LogP contribution in [0, 0.1) is 11.7 Å². The molecule has 0 radical (unpaired) electrons. The molecule has 2 fully saturated rings. The van der Waals surface area contributed by atoms with Gasteiger partial charge >= 0.3 is 0 Å². The van der Waals surface area contributed by atoms with Crippen molar-refractivity contribution in [3.05, 3.63) is 81.2 Å². The highest BCUT2D eigenvalue weighted by Crippen LogP contribution is 2.53. The fourth-order valence-electron chi connectivity index (χ4n) is 6.57. The molecule has 1 saturated heterocycles. The second-order valence-corrected chi connectivity index (χ2v) is 10.5. The molecule has 0 bridgehead atoms. The van der Waals surface area contributed by atoms with Gasteiger partial charge in [-0.25, -0.2) is 8.78 Å². The van der Waals surface area contributed by atoms with Crippen LogP contribution in [0.1, 0.15) is 42.4 Å². The highest BCUT2D eigenvalue weighted by Gasteiger charge is 2.51. The lowest BCUT2D eigenvalue weighted by Gasteiger charge is -2.35. The van der Waals surface area contributed by atoms with E-state index < -0.39 is 35.5 Å². The van der Waals surface area contributed by atoms with Gasteiger partial charge in [-0.05, 0) is 43.9 Å². The van der Waals surface area contributed by atoms with Crippen LogP contribution >= 0.6 is 11.6 Å². The lowest BCUT2D eigenvalue weighted by atomic mass is 9.76. The number of carbonyl (C=O) groups excluding carboxylic acids is 1. The average molecular weight is 513 g/mol. The van der Waals surface area contributed by atoms with Gasteiger partial charge in [-0.2, -0.15) is 0 Å². The summed E-state index contributed by atoms with van der Waals surface area (Å²) in [5.41, 5.74) is 6.96. The molecule has 5 nitrogen and oxygen atoms in total. The first kappa shape index (κ1) is 23.6. The van der Waals surface area contributed by atoms with E-state index in [0.717, 1.165) is 24.9 Å². The molecule has 4 N–H and O–H groups in total. The molecule has 1 saturated carbocycles. The van der Waals surface area contributed by atoms with Crippen LogP contribution in [-0.4, -0.2) is 35.9 Å². The van der Waals surface area contributed by atoms with Crippen molar-refractivity contribution in [3.8, 4) is 5.75 Å². The van der Waals surface area contributed by atoms with E-state index >= 15 is 8.78 Å². The third kappa shape index (κ3) is 3.44. The van der Waals surface area contributed by atoms with E-state index in [2.05, 4.69) is 5.32 Å². The van der Waals surface area contributed by atoms with Crippen molar-refractivity contribution in [1.29, 1.82) is 0 Å². The summed E-state index contributed by atoms with van der Waals surface area (Å²) < 4.78 is 38.1. The molecule has 0 aromatic heterocycles. The van der Waals surface area contributed by atoms with Crippen molar-refractivity contribution in [2.75, 3.05) is 6.54 Å². The minimum Gasteiger partial charge on any atom is -0.480 e. The second kappa shape index (κ2) is 8.68. The van der Waals surface area contributed by atoms with E-state index in [1.165, 1.54) is 6.07 Å². The Morgan fingerprint density at radius 3 is 2.72 bits per heavy atom. The van der Waals surface area contributed by atoms with E-state index in [0.29, 0.717) is 30.4 Å². The van der Waals surface area contributed by atoms with Crippen molar-refractivity contribution in [2.45, 2.75) is 56.0 Å². The normalized spacial score (nSPS) is 31.2. The number of carbonyl (C=O) groups is 1. The summed E-state index contributed by atoms with van der Waals surface area (Å²) in [6, 6.07) is 10.9. The molecule has 6 rings (SSSR count). The van der Waals surface area contributed by atoms with E-state index in [1.807, 2.05) is 30.3 Å². The molecule has 2 aliphatic heterocycles. The second-order valence-electron chi connectivity index (χ2n) is 10.2. The molecule has 2 aromatic rings. The molecule has 2 heterocycles. The van der Waals surface area contributed by atoms with Gasteiger partial charge in [0.2, 0.25) is 5.91 Å². The minimum absolute atomic E-state index is 0.0336. The standard InChI is InChI=1S/C28H27ClF2N2O3/c29-25-18(30)12-20-17(13-28(36-20,21-7-4-10-33-21)15-5-2-1-3-6-15)23(25)24-16(27(32)35)11-14-8-9-19(34)22(14)26(24)31/h1-3,5-6,11-12,19,21-22,26,33-34H,4,7-10,13H2,(H2,32,35)/t19?,21-,22?,26?,28-/m0/s1. The maximum Gasteiger partial charge on any atom is 0.249 e. The number of benzene rings is 2. The van der Waals surface area contributed by atoms with Crippen molar-refractivity contribution in [2.24, 2.45) is 11.7 Å². The first-order valence-corrected chi connectivity index (χ1v) is 12.8. The van der Waals surface area contributed by atoms with Gasteiger partial charge < -0.3 is 20.9 Å². The predicted molar refractivity (Wildman–Crippen MR) is 133 cm³/mol. The van der Waals surface area contributed by atoms with E-state index in [9.17, 15) is 9.90 Å². The van der Waals surface area contributed by atoms with Crippen LogP contribution in [0.4, 0.5) is 8.78 Å². The quantitative estimate of drug-likeness (QED) is 0.568. The third-order valence-electron chi connectivity index (χ3n) is 8.22. The van der Waals surface area contributed by atoms with Crippen molar-refractivity contribution in [3.63, 3.8) is 0 Å². The smallest absolute Gasteiger partial charge is 0.249 e. The number of primary amides is 1. The molecule has 188 valence electrons. The van der Waals surface area contributed by atoms with Gasteiger partial charge in [0.25, 0.3) is 0 Å². The van der Waals surface area contributed by atoms with Crippen LogP contribution in [0.2, 0.25) is 5.02 Å². The summed E-state index contributed by atoms with van der Waals surface area (Å²) >= 11 is 6.54. The molecular formula is C28H27ClF2N2O3. The molecule has 2 aliphatic carbocycles. The molecule has 4 aliphatic rings. The number of aliphatic hydroxyl groups excluding tert-OH is 1. The first-order chi connectivity index (χ1) is 17.3. The fourth-order valence-corrected chi connectivity index (χ4v) is 6.84. The molecule has 36 heavy (non-hydrogen) atoms. The zero-order valence-corrected chi connectivity index (χ0v) is 20.3. The Hall–Kier alpha value is -2.74. The molecule has 0 spiro atoms. The van der Waals surface area contributed by atoms with Gasteiger partial charge in [-0.15, -0.1) is 0 Å². The maximum atomic E-state index is 16.2. The van der Waals surface area contributed by atoms with Gasteiger partial charge in [0.15, 0.2) is 5.60 Å². The number of aliphatic hydroxyl groups is 1. The highest BCUT2D eigenvalue weighted by atomic mass is 35.5. The number of nitrogens with one attached hydrogen (secondary N) is 1. The Morgan fingerprint density at radius 1 is 1.25 bits per heavy atom. The number of fused-ring (bicyclic) bond motifs is 2. The van der Waals surface area contributed by atoms with Gasteiger partial charge in [-0.3, -0.25) is 4.79 Å². The summed E-state index contributed by atoms with van der Waals surface area (Å²) in [4.78, 5) is 12.5. The van der Waals surface area contributed by atoms with Gasteiger partial charge in [-0.1, -0.05) is 47.5 Å². The lowest BCUT2D eigenvalue weighted by Crippen LogP contribution is -2.48. The van der Waals surface area contributed by atoms with Gasteiger partial charge in [0, 0.05) is 40.7 Å². The van der Waals surface area contributed by atoms with Crippen LogP contribution < -0.4 is 15.8 Å². The van der Waals surface area contributed by atoms with Crippen LogP contribution in [0.3, 0.4) is 0 Å². The largest absolute Gasteiger partial charge is 0.480 e. The number of allylic oxidation sites excluding steroid dienone is 1. The Morgan fingerprint density at radius 2 is 2.03 bits per heavy atom. The van der Waals surface area contributed by atoms with Gasteiger partial charge in [0.1, 0.15) is 17.7 Å². The summed E-state index contributed by atoms with van der Waals surface area (Å²) in [7, 11) is 0. The summed E-state index contributed by atoms with van der Waals surface area (Å²) in [5, 5.41) is 13.8. The Labute approximate surface area is 213 Å². The Balaban J connectivity index is 1.57. The number of hydrogen-bond donors (Lipinski definition) is 3. The number of halogens is 3. The predicted octanol–water partition coefficient (Wildman–Crippen LogP) is 4.35. The van der Waals surface area contributed by atoms with Crippen molar-refractivity contribution in [1.82, 2.24) is 5.32 Å². The minimum atomic E-state index is -1.76. The maximum absolute atomic E-state index is 16.2. The number of amides is 1. The monoisotopic (exact) mass is 512 g/mol. The average Bonchev–Trinajstić information content (AvgIpc) is 3.61. The molecule has 2 aromatic carbocycles. The highest BCUT2D eigenvalue weighted by molar-refractivity contribution is 6.33.